The number of amides is 1. The molecule has 0 aliphatic carbocycles. The van der Waals surface area contributed by atoms with Gasteiger partial charge in [0.2, 0.25) is 5.91 Å². The van der Waals surface area contributed by atoms with E-state index in [9.17, 15) is 9.59 Å². The average Bonchev–Trinajstić information content (AvgIpc) is 2.44. The van der Waals surface area contributed by atoms with Gasteiger partial charge < -0.3 is 16.2 Å². The Morgan fingerprint density at radius 3 is 2.62 bits per heavy atom. The highest BCUT2D eigenvalue weighted by Gasteiger charge is 2.14. The van der Waals surface area contributed by atoms with E-state index >= 15 is 0 Å². The van der Waals surface area contributed by atoms with Gasteiger partial charge in [-0.25, -0.2) is 4.79 Å². The van der Waals surface area contributed by atoms with Crippen molar-refractivity contribution in [3.8, 4) is 0 Å². The lowest BCUT2D eigenvalue weighted by atomic mass is 9.94. The molecule has 21 heavy (non-hydrogen) atoms. The van der Waals surface area contributed by atoms with Gasteiger partial charge in [-0.15, -0.1) is 0 Å². The molecule has 1 atom stereocenters. The number of hydrogen-bond acceptors (Lipinski definition) is 3. The molecule has 0 bridgehead atoms. The van der Waals surface area contributed by atoms with Crippen LogP contribution in [-0.2, 0) is 11.3 Å². The van der Waals surface area contributed by atoms with Crippen LogP contribution in [0.25, 0.3) is 0 Å². The molecule has 0 heterocycles. The van der Waals surface area contributed by atoms with Gasteiger partial charge in [0.15, 0.2) is 0 Å². The molecular weight excluding hydrogens is 268 g/mol. The Bertz CT molecular complexity index is 486. The fraction of sp³-hybridized carbons (Fsp3) is 0.500. The minimum absolute atomic E-state index is 0.0492. The number of carbonyl (C=O) groups is 2. The quantitative estimate of drug-likeness (QED) is 0.683. The first kappa shape index (κ1) is 17.2. The molecule has 0 fully saturated rings. The highest BCUT2D eigenvalue weighted by molar-refractivity contribution is 5.87. The Balaban J connectivity index is 2.49. The predicted octanol–water partition coefficient (Wildman–Crippen LogP) is 2.01. The van der Waals surface area contributed by atoms with E-state index in [-0.39, 0.29) is 17.4 Å². The van der Waals surface area contributed by atoms with Crippen LogP contribution in [0.4, 0.5) is 0 Å². The van der Waals surface area contributed by atoms with Gasteiger partial charge in [-0.2, -0.15) is 0 Å². The summed E-state index contributed by atoms with van der Waals surface area (Å²) in [7, 11) is 0. The summed E-state index contributed by atoms with van der Waals surface area (Å²) in [6.45, 7) is 5.05. The lowest BCUT2D eigenvalue weighted by Gasteiger charge is -2.16. The van der Waals surface area contributed by atoms with Gasteiger partial charge in [-0.05, 0) is 42.5 Å². The molecule has 1 rings (SSSR count). The molecular formula is C16H24N2O3. The molecule has 5 nitrogen and oxygen atoms in total. The highest BCUT2D eigenvalue weighted by atomic mass is 16.4. The van der Waals surface area contributed by atoms with Gasteiger partial charge in [0.05, 0.1) is 5.56 Å². The van der Waals surface area contributed by atoms with Crippen molar-refractivity contribution in [1.82, 2.24) is 5.32 Å². The molecule has 1 aromatic rings. The third kappa shape index (κ3) is 6.40. The SMILES string of the molecule is CC(C)CC(CN)CC(=O)NCc1cccc(C(=O)O)c1. The third-order valence-corrected chi connectivity index (χ3v) is 3.28. The van der Waals surface area contributed by atoms with E-state index < -0.39 is 5.97 Å². The van der Waals surface area contributed by atoms with Gasteiger partial charge in [0, 0.05) is 13.0 Å². The summed E-state index contributed by atoms with van der Waals surface area (Å²) in [6, 6.07) is 6.56. The van der Waals surface area contributed by atoms with E-state index in [1.807, 2.05) is 0 Å². The van der Waals surface area contributed by atoms with E-state index in [0.717, 1.165) is 12.0 Å². The maximum atomic E-state index is 11.9. The van der Waals surface area contributed by atoms with Crippen molar-refractivity contribution in [2.45, 2.75) is 33.2 Å². The second kappa shape index (κ2) is 8.42. The van der Waals surface area contributed by atoms with Gasteiger partial charge >= 0.3 is 5.97 Å². The van der Waals surface area contributed by atoms with Crippen molar-refractivity contribution in [3.05, 3.63) is 35.4 Å². The van der Waals surface area contributed by atoms with Gasteiger partial charge in [0.25, 0.3) is 0 Å². The van der Waals surface area contributed by atoms with Gasteiger partial charge in [-0.3, -0.25) is 4.79 Å². The average molecular weight is 292 g/mol. The van der Waals surface area contributed by atoms with E-state index in [4.69, 9.17) is 10.8 Å². The Kier molecular flexibility index (Phi) is 6.88. The number of carboxylic acid groups (broad SMARTS) is 1. The summed E-state index contributed by atoms with van der Waals surface area (Å²) in [5.41, 5.74) is 6.68. The van der Waals surface area contributed by atoms with Crippen LogP contribution in [-0.4, -0.2) is 23.5 Å². The number of carbonyl (C=O) groups excluding carboxylic acids is 1. The molecule has 0 radical (unpaired) electrons. The Hall–Kier alpha value is -1.88. The molecule has 4 N–H and O–H groups in total. The Labute approximate surface area is 125 Å². The van der Waals surface area contributed by atoms with Crippen LogP contribution in [0, 0.1) is 11.8 Å². The van der Waals surface area contributed by atoms with Crippen molar-refractivity contribution in [2.24, 2.45) is 17.6 Å². The van der Waals surface area contributed by atoms with Crippen molar-refractivity contribution in [2.75, 3.05) is 6.54 Å². The summed E-state index contributed by atoms with van der Waals surface area (Å²) in [6.07, 6.45) is 1.34. The van der Waals surface area contributed by atoms with Crippen molar-refractivity contribution in [1.29, 1.82) is 0 Å². The molecule has 116 valence electrons. The maximum Gasteiger partial charge on any atom is 0.335 e. The van der Waals surface area contributed by atoms with Gasteiger partial charge in [0.1, 0.15) is 0 Å². The van der Waals surface area contributed by atoms with Crippen LogP contribution in [0.15, 0.2) is 24.3 Å². The van der Waals surface area contributed by atoms with Crippen LogP contribution in [0.1, 0.15) is 42.6 Å². The molecule has 0 spiro atoms. The highest BCUT2D eigenvalue weighted by Crippen LogP contribution is 2.14. The van der Waals surface area contributed by atoms with E-state index in [1.54, 1.807) is 18.2 Å². The zero-order valence-corrected chi connectivity index (χ0v) is 12.6. The first-order chi connectivity index (χ1) is 9.92. The van der Waals surface area contributed by atoms with Crippen LogP contribution in [0.3, 0.4) is 0 Å². The van der Waals surface area contributed by atoms with Crippen molar-refractivity contribution < 1.29 is 14.7 Å². The topological polar surface area (TPSA) is 92.4 Å². The minimum Gasteiger partial charge on any atom is -0.478 e. The normalized spacial score (nSPS) is 12.2. The number of benzene rings is 1. The Morgan fingerprint density at radius 2 is 2.05 bits per heavy atom. The lowest BCUT2D eigenvalue weighted by Crippen LogP contribution is -2.28. The molecule has 1 aromatic carbocycles. The Morgan fingerprint density at radius 1 is 1.33 bits per heavy atom. The molecule has 1 amide bonds. The minimum atomic E-state index is -0.969. The van der Waals surface area contributed by atoms with E-state index in [1.165, 1.54) is 6.07 Å². The van der Waals surface area contributed by atoms with E-state index in [2.05, 4.69) is 19.2 Å². The summed E-state index contributed by atoms with van der Waals surface area (Å²) in [5, 5.41) is 11.7. The molecule has 0 saturated carbocycles. The van der Waals surface area contributed by atoms with Crippen LogP contribution >= 0.6 is 0 Å². The third-order valence-electron chi connectivity index (χ3n) is 3.28. The number of aromatic carboxylic acids is 1. The second-order valence-corrected chi connectivity index (χ2v) is 5.72. The number of nitrogens with two attached hydrogens (primary N) is 1. The molecule has 5 heteroatoms. The standard InChI is InChI=1S/C16H24N2O3/c1-11(2)6-13(9-17)8-15(19)18-10-12-4-3-5-14(7-12)16(20)21/h3-5,7,11,13H,6,8-10,17H2,1-2H3,(H,18,19)(H,20,21). The number of nitrogens with one attached hydrogen (secondary N) is 1. The first-order valence-electron chi connectivity index (χ1n) is 7.21. The summed E-state index contributed by atoms with van der Waals surface area (Å²) < 4.78 is 0. The largest absolute Gasteiger partial charge is 0.478 e. The molecule has 0 aliphatic rings. The summed E-state index contributed by atoms with van der Waals surface area (Å²) in [4.78, 5) is 22.8. The van der Waals surface area contributed by atoms with Crippen molar-refractivity contribution in [3.63, 3.8) is 0 Å². The lowest BCUT2D eigenvalue weighted by molar-refractivity contribution is -0.122. The fourth-order valence-corrected chi connectivity index (χ4v) is 2.28. The summed E-state index contributed by atoms with van der Waals surface area (Å²) >= 11 is 0. The van der Waals surface area contributed by atoms with Crippen LogP contribution in [0.2, 0.25) is 0 Å². The maximum absolute atomic E-state index is 11.9. The monoisotopic (exact) mass is 292 g/mol. The number of hydrogen-bond donors (Lipinski definition) is 3. The fourth-order valence-electron chi connectivity index (χ4n) is 2.28. The number of rotatable bonds is 8. The summed E-state index contributed by atoms with van der Waals surface area (Å²) in [5.74, 6) is -0.316. The predicted molar refractivity (Wildman–Crippen MR) is 81.9 cm³/mol. The molecule has 0 aromatic heterocycles. The van der Waals surface area contributed by atoms with Crippen molar-refractivity contribution >= 4 is 11.9 Å². The number of carboxylic acids is 1. The second-order valence-electron chi connectivity index (χ2n) is 5.72. The molecule has 1 unspecified atom stereocenters. The smallest absolute Gasteiger partial charge is 0.335 e. The van der Waals surface area contributed by atoms with Crippen LogP contribution < -0.4 is 11.1 Å². The zero-order valence-electron chi connectivity index (χ0n) is 12.6. The van der Waals surface area contributed by atoms with E-state index in [0.29, 0.717) is 25.4 Å². The first-order valence-corrected chi connectivity index (χ1v) is 7.21. The molecule has 0 saturated heterocycles. The zero-order chi connectivity index (χ0) is 15.8. The van der Waals surface area contributed by atoms with Crippen LogP contribution in [0.5, 0.6) is 0 Å². The van der Waals surface area contributed by atoms with Gasteiger partial charge in [-0.1, -0.05) is 26.0 Å². The molecule has 0 aliphatic heterocycles.